The SMILES string of the molecule is COCCCNc1nccn1-c1ccc(F)cc1Br. The zero-order chi connectivity index (χ0) is 13.7. The van der Waals surface area contributed by atoms with Crippen LogP contribution in [-0.2, 0) is 4.74 Å². The number of nitrogens with one attached hydrogen (secondary N) is 1. The molecule has 1 aromatic heterocycles. The van der Waals surface area contributed by atoms with Crippen molar-refractivity contribution in [1.82, 2.24) is 9.55 Å². The van der Waals surface area contributed by atoms with Gasteiger partial charge in [-0.25, -0.2) is 9.37 Å². The smallest absolute Gasteiger partial charge is 0.207 e. The van der Waals surface area contributed by atoms with Gasteiger partial charge in [0.05, 0.1) is 5.69 Å². The van der Waals surface area contributed by atoms with Crippen LogP contribution in [0.15, 0.2) is 35.1 Å². The van der Waals surface area contributed by atoms with Crippen molar-refractivity contribution in [1.29, 1.82) is 0 Å². The fourth-order valence-corrected chi connectivity index (χ4v) is 2.26. The van der Waals surface area contributed by atoms with E-state index in [-0.39, 0.29) is 5.82 Å². The molecule has 0 aliphatic rings. The number of methoxy groups -OCH3 is 1. The summed E-state index contributed by atoms with van der Waals surface area (Å²) < 4.78 is 20.6. The van der Waals surface area contributed by atoms with E-state index in [4.69, 9.17) is 4.74 Å². The van der Waals surface area contributed by atoms with Gasteiger partial charge in [0, 0.05) is 37.1 Å². The van der Waals surface area contributed by atoms with Crippen LogP contribution < -0.4 is 5.32 Å². The van der Waals surface area contributed by atoms with E-state index >= 15 is 0 Å². The Labute approximate surface area is 119 Å². The van der Waals surface area contributed by atoms with Gasteiger partial charge < -0.3 is 10.1 Å². The Balaban J connectivity index is 2.14. The maximum absolute atomic E-state index is 13.1. The molecular weight excluding hydrogens is 313 g/mol. The quantitative estimate of drug-likeness (QED) is 0.828. The van der Waals surface area contributed by atoms with Crippen molar-refractivity contribution in [2.75, 3.05) is 25.6 Å². The normalized spacial score (nSPS) is 10.7. The van der Waals surface area contributed by atoms with Crippen molar-refractivity contribution < 1.29 is 9.13 Å². The minimum atomic E-state index is -0.273. The number of hydrogen-bond donors (Lipinski definition) is 1. The number of hydrogen-bond acceptors (Lipinski definition) is 3. The predicted molar refractivity (Wildman–Crippen MR) is 76.2 cm³/mol. The van der Waals surface area contributed by atoms with Gasteiger partial charge >= 0.3 is 0 Å². The first-order valence-corrected chi connectivity index (χ1v) is 6.73. The van der Waals surface area contributed by atoms with Crippen LogP contribution in [0.2, 0.25) is 0 Å². The van der Waals surface area contributed by atoms with Gasteiger partial charge in [-0.15, -0.1) is 0 Å². The fourth-order valence-electron chi connectivity index (χ4n) is 1.72. The van der Waals surface area contributed by atoms with Crippen molar-refractivity contribution in [3.05, 3.63) is 40.9 Å². The number of rotatable bonds is 6. The third-order valence-electron chi connectivity index (χ3n) is 2.62. The number of aromatic nitrogens is 2. The summed E-state index contributed by atoms with van der Waals surface area (Å²) >= 11 is 3.36. The van der Waals surface area contributed by atoms with E-state index in [1.54, 1.807) is 19.4 Å². The van der Waals surface area contributed by atoms with Crippen LogP contribution in [-0.4, -0.2) is 29.8 Å². The Morgan fingerprint density at radius 2 is 2.32 bits per heavy atom. The first kappa shape index (κ1) is 14.0. The molecule has 0 radical (unpaired) electrons. The van der Waals surface area contributed by atoms with Crippen LogP contribution in [0.25, 0.3) is 5.69 Å². The standard InChI is InChI=1S/C13H15BrFN3O/c1-19-8-2-5-16-13-17-6-7-18(13)12-4-3-10(15)9-11(12)14/h3-4,6-7,9H,2,5,8H2,1H3,(H,16,17). The summed E-state index contributed by atoms with van der Waals surface area (Å²) in [6.07, 6.45) is 4.43. The van der Waals surface area contributed by atoms with Gasteiger partial charge in [-0.1, -0.05) is 0 Å². The second kappa shape index (κ2) is 6.68. The van der Waals surface area contributed by atoms with E-state index < -0.39 is 0 Å². The lowest BCUT2D eigenvalue weighted by molar-refractivity contribution is 0.197. The number of ether oxygens (including phenoxy) is 1. The Morgan fingerprint density at radius 3 is 3.05 bits per heavy atom. The minimum Gasteiger partial charge on any atom is -0.385 e. The molecule has 1 aromatic carbocycles. The topological polar surface area (TPSA) is 39.1 Å². The number of imidazole rings is 1. The van der Waals surface area contributed by atoms with Crippen molar-refractivity contribution in [3.8, 4) is 5.69 Å². The van der Waals surface area contributed by atoms with E-state index in [9.17, 15) is 4.39 Å². The summed E-state index contributed by atoms with van der Waals surface area (Å²) in [4.78, 5) is 4.25. The van der Waals surface area contributed by atoms with Crippen molar-refractivity contribution >= 4 is 21.9 Å². The van der Waals surface area contributed by atoms with E-state index in [2.05, 4.69) is 26.2 Å². The molecule has 0 aliphatic carbocycles. The third kappa shape index (κ3) is 3.54. The van der Waals surface area contributed by atoms with Gasteiger partial charge in [0.2, 0.25) is 5.95 Å². The van der Waals surface area contributed by atoms with Crippen LogP contribution in [0, 0.1) is 5.82 Å². The lowest BCUT2D eigenvalue weighted by atomic mass is 10.3. The molecule has 0 bridgehead atoms. The molecule has 4 nitrogen and oxygen atoms in total. The summed E-state index contributed by atoms with van der Waals surface area (Å²) in [5, 5.41) is 3.23. The molecule has 2 rings (SSSR count). The van der Waals surface area contributed by atoms with Gasteiger partial charge in [-0.05, 0) is 40.5 Å². The van der Waals surface area contributed by atoms with Crippen molar-refractivity contribution in [2.45, 2.75) is 6.42 Å². The molecule has 6 heteroatoms. The van der Waals surface area contributed by atoms with Gasteiger partial charge in [0.25, 0.3) is 0 Å². The molecule has 0 saturated carbocycles. The van der Waals surface area contributed by atoms with Crippen LogP contribution in [0.3, 0.4) is 0 Å². The summed E-state index contributed by atoms with van der Waals surface area (Å²) in [6, 6.07) is 4.57. The Bertz CT molecular complexity index is 544. The monoisotopic (exact) mass is 327 g/mol. The summed E-state index contributed by atoms with van der Waals surface area (Å²) in [5.74, 6) is 0.453. The molecule has 0 unspecified atom stereocenters. The summed E-state index contributed by atoms with van der Waals surface area (Å²) in [7, 11) is 1.68. The highest BCUT2D eigenvalue weighted by Gasteiger charge is 2.08. The molecule has 0 fully saturated rings. The molecular formula is C13H15BrFN3O. The first-order valence-electron chi connectivity index (χ1n) is 5.94. The highest BCUT2D eigenvalue weighted by Crippen LogP contribution is 2.24. The van der Waals surface area contributed by atoms with Crippen LogP contribution in [0.5, 0.6) is 0 Å². The fraction of sp³-hybridized carbons (Fsp3) is 0.308. The number of benzene rings is 1. The highest BCUT2D eigenvalue weighted by molar-refractivity contribution is 9.10. The van der Waals surface area contributed by atoms with E-state index in [0.717, 1.165) is 24.6 Å². The van der Waals surface area contributed by atoms with E-state index in [0.29, 0.717) is 11.1 Å². The van der Waals surface area contributed by atoms with E-state index in [1.165, 1.54) is 12.1 Å². The van der Waals surface area contributed by atoms with Gasteiger partial charge in [-0.2, -0.15) is 0 Å². The molecule has 0 spiro atoms. The molecule has 102 valence electrons. The maximum atomic E-state index is 13.1. The third-order valence-corrected chi connectivity index (χ3v) is 3.25. The lowest BCUT2D eigenvalue weighted by Crippen LogP contribution is -2.09. The Hall–Kier alpha value is -1.40. The van der Waals surface area contributed by atoms with Crippen molar-refractivity contribution in [3.63, 3.8) is 0 Å². The van der Waals surface area contributed by atoms with Crippen LogP contribution in [0.1, 0.15) is 6.42 Å². The minimum absolute atomic E-state index is 0.273. The average Bonchev–Trinajstić information content (AvgIpc) is 2.83. The highest BCUT2D eigenvalue weighted by atomic mass is 79.9. The number of nitrogens with zero attached hydrogens (tertiary/aromatic N) is 2. The van der Waals surface area contributed by atoms with Crippen molar-refractivity contribution in [2.24, 2.45) is 0 Å². The Kier molecular flexibility index (Phi) is 4.93. The van der Waals surface area contributed by atoms with E-state index in [1.807, 2.05) is 10.8 Å². The number of halogens is 2. The average molecular weight is 328 g/mol. The molecule has 0 atom stereocenters. The molecule has 19 heavy (non-hydrogen) atoms. The van der Waals surface area contributed by atoms with Gasteiger partial charge in [-0.3, -0.25) is 4.57 Å². The molecule has 0 amide bonds. The molecule has 1 heterocycles. The second-order valence-corrected chi connectivity index (χ2v) is 4.84. The summed E-state index contributed by atoms with van der Waals surface area (Å²) in [6.45, 7) is 1.47. The van der Waals surface area contributed by atoms with Gasteiger partial charge in [0.15, 0.2) is 0 Å². The summed E-state index contributed by atoms with van der Waals surface area (Å²) in [5.41, 5.74) is 0.841. The largest absolute Gasteiger partial charge is 0.385 e. The molecule has 2 aromatic rings. The maximum Gasteiger partial charge on any atom is 0.207 e. The van der Waals surface area contributed by atoms with Crippen LogP contribution >= 0.6 is 15.9 Å². The molecule has 0 saturated heterocycles. The number of anilines is 1. The Morgan fingerprint density at radius 1 is 1.47 bits per heavy atom. The second-order valence-electron chi connectivity index (χ2n) is 3.99. The first-order chi connectivity index (χ1) is 9.22. The zero-order valence-corrected chi connectivity index (χ0v) is 12.2. The van der Waals surface area contributed by atoms with Gasteiger partial charge in [0.1, 0.15) is 5.82 Å². The molecule has 0 aliphatic heterocycles. The lowest BCUT2D eigenvalue weighted by Gasteiger charge is -2.11. The molecule has 1 N–H and O–H groups in total. The zero-order valence-electron chi connectivity index (χ0n) is 10.6. The van der Waals surface area contributed by atoms with Crippen LogP contribution in [0.4, 0.5) is 10.3 Å². The predicted octanol–water partition coefficient (Wildman–Crippen LogP) is 3.22.